The van der Waals surface area contributed by atoms with Gasteiger partial charge in [-0.25, -0.2) is 4.79 Å². The third kappa shape index (κ3) is 1.46. The summed E-state index contributed by atoms with van der Waals surface area (Å²) in [5.41, 5.74) is 0.569. The Morgan fingerprint density at radius 1 is 1.36 bits per heavy atom. The summed E-state index contributed by atoms with van der Waals surface area (Å²) in [4.78, 5) is 11.2. The first-order chi connectivity index (χ1) is 6.81. The highest BCUT2D eigenvalue weighted by molar-refractivity contribution is 5.95. The van der Waals surface area contributed by atoms with Crippen LogP contribution >= 0.6 is 0 Å². The van der Waals surface area contributed by atoms with Gasteiger partial charge in [-0.1, -0.05) is 24.3 Å². The Hall–Kier alpha value is -1.83. The van der Waals surface area contributed by atoms with Crippen LogP contribution < -0.4 is 0 Å². The molecule has 0 saturated heterocycles. The molecule has 14 heavy (non-hydrogen) atoms. The van der Waals surface area contributed by atoms with Gasteiger partial charge in [0.05, 0.1) is 12.7 Å². The van der Waals surface area contributed by atoms with Crippen molar-refractivity contribution < 1.29 is 9.53 Å². The van der Waals surface area contributed by atoms with Crippen LogP contribution in [0.25, 0.3) is 10.8 Å². The van der Waals surface area contributed by atoms with E-state index in [2.05, 4.69) is 10.8 Å². The first-order valence-corrected chi connectivity index (χ1v) is 4.30. The zero-order chi connectivity index (χ0) is 9.97. The van der Waals surface area contributed by atoms with Gasteiger partial charge in [-0.3, -0.25) is 0 Å². The van der Waals surface area contributed by atoms with Gasteiger partial charge in [0.15, 0.2) is 0 Å². The molecule has 0 aliphatic heterocycles. The standard InChI is InChI=1S/C12H9O2/c1-14-12(13)11-7-6-9-4-2-3-5-10(9)8-11/h2-3,5-8H,1H3. The molecule has 2 heteroatoms. The van der Waals surface area contributed by atoms with E-state index in [1.165, 1.54) is 7.11 Å². The van der Waals surface area contributed by atoms with E-state index < -0.39 is 0 Å². The molecule has 0 spiro atoms. The van der Waals surface area contributed by atoms with Crippen LogP contribution in [0.3, 0.4) is 0 Å². The number of ether oxygens (including phenoxy) is 1. The van der Waals surface area contributed by atoms with E-state index >= 15 is 0 Å². The number of hydrogen-bond acceptors (Lipinski definition) is 2. The minimum Gasteiger partial charge on any atom is -0.465 e. The van der Waals surface area contributed by atoms with Crippen molar-refractivity contribution in [3.63, 3.8) is 0 Å². The van der Waals surface area contributed by atoms with Crippen LogP contribution in [0, 0.1) is 6.07 Å². The second-order valence-electron chi connectivity index (χ2n) is 2.96. The molecule has 0 bridgehead atoms. The van der Waals surface area contributed by atoms with Crippen LogP contribution in [0.2, 0.25) is 0 Å². The van der Waals surface area contributed by atoms with Gasteiger partial charge in [-0.15, -0.1) is 0 Å². The van der Waals surface area contributed by atoms with Crippen LogP contribution in [0.5, 0.6) is 0 Å². The number of carbonyl (C=O) groups excluding carboxylic acids is 1. The highest BCUT2D eigenvalue weighted by atomic mass is 16.5. The van der Waals surface area contributed by atoms with Gasteiger partial charge >= 0.3 is 5.97 Å². The number of benzene rings is 2. The van der Waals surface area contributed by atoms with Crippen molar-refractivity contribution in [3.8, 4) is 0 Å². The van der Waals surface area contributed by atoms with E-state index in [0.29, 0.717) is 5.56 Å². The molecule has 0 unspecified atom stereocenters. The van der Waals surface area contributed by atoms with E-state index in [4.69, 9.17) is 0 Å². The molecule has 0 amide bonds. The van der Waals surface area contributed by atoms with Gasteiger partial charge in [0.1, 0.15) is 0 Å². The molecule has 1 radical (unpaired) electrons. The highest BCUT2D eigenvalue weighted by Crippen LogP contribution is 2.15. The summed E-state index contributed by atoms with van der Waals surface area (Å²) < 4.78 is 4.64. The fourth-order valence-electron chi connectivity index (χ4n) is 1.37. The topological polar surface area (TPSA) is 26.3 Å². The molecular weight excluding hydrogens is 176 g/mol. The molecule has 0 saturated carbocycles. The average Bonchev–Trinajstić information content (AvgIpc) is 2.27. The van der Waals surface area contributed by atoms with Crippen molar-refractivity contribution in [2.75, 3.05) is 7.11 Å². The van der Waals surface area contributed by atoms with Gasteiger partial charge in [-0.2, -0.15) is 0 Å². The molecule has 2 aromatic rings. The van der Waals surface area contributed by atoms with Gasteiger partial charge in [-0.05, 0) is 29.0 Å². The Morgan fingerprint density at radius 2 is 2.21 bits per heavy atom. The molecule has 2 rings (SSSR count). The van der Waals surface area contributed by atoms with Crippen molar-refractivity contribution in [2.45, 2.75) is 0 Å². The molecule has 0 atom stereocenters. The molecule has 0 aliphatic carbocycles. The maximum absolute atomic E-state index is 11.2. The maximum atomic E-state index is 11.2. The summed E-state index contributed by atoms with van der Waals surface area (Å²) in [5, 5.41) is 2.00. The molecule has 2 aromatic carbocycles. The molecule has 69 valence electrons. The van der Waals surface area contributed by atoms with Crippen molar-refractivity contribution in [3.05, 3.63) is 48.0 Å². The van der Waals surface area contributed by atoms with E-state index in [1.54, 1.807) is 12.1 Å². The second kappa shape index (κ2) is 3.50. The Bertz CT molecular complexity index is 474. The minimum atomic E-state index is -0.309. The highest BCUT2D eigenvalue weighted by Gasteiger charge is 2.04. The first-order valence-electron chi connectivity index (χ1n) is 4.30. The van der Waals surface area contributed by atoms with Crippen molar-refractivity contribution in [2.24, 2.45) is 0 Å². The summed E-state index contributed by atoms with van der Waals surface area (Å²) in [5.74, 6) is -0.309. The van der Waals surface area contributed by atoms with Crippen LogP contribution in [0.4, 0.5) is 0 Å². The molecular formula is C12H9O2. The lowest BCUT2D eigenvalue weighted by molar-refractivity contribution is 0.0601. The van der Waals surface area contributed by atoms with Gasteiger partial charge in [0.2, 0.25) is 0 Å². The smallest absolute Gasteiger partial charge is 0.337 e. The number of fused-ring (bicyclic) bond motifs is 1. The molecule has 2 nitrogen and oxygen atoms in total. The number of hydrogen-bond donors (Lipinski definition) is 0. The molecule has 0 fully saturated rings. The third-order valence-corrected chi connectivity index (χ3v) is 2.08. The van der Waals surface area contributed by atoms with E-state index in [-0.39, 0.29) is 5.97 Å². The van der Waals surface area contributed by atoms with Crippen LogP contribution in [0.1, 0.15) is 10.4 Å². The number of methoxy groups -OCH3 is 1. The van der Waals surface area contributed by atoms with Gasteiger partial charge in [0.25, 0.3) is 0 Å². The Labute approximate surface area is 82.1 Å². The summed E-state index contributed by atoms with van der Waals surface area (Å²) in [6.45, 7) is 0. The monoisotopic (exact) mass is 185 g/mol. The lowest BCUT2D eigenvalue weighted by atomic mass is 10.1. The second-order valence-corrected chi connectivity index (χ2v) is 2.96. The lowest BCUT2D eigenvalue weighted by Crippen LogP contribution is -2.00. The zero-order valence-electron chi connectivity index (χ0n) is 7.78. The van der Waals surface area contributed by atoms with Gasteiger partial charge < -0.3 is 4.74 Å². The SMILES string of the molecule is COC(=O)c1ccc2[c]cccc2c1. The lowest BCUT2D eigenvalue weighted by Gasteiger charge is -2.00. The minimum absolute atomic E-state index is 0.309. The summed E-state index contributed by atoms with van der Waals surface area (Å²) in [6.07, 6.45) is 0. The maximum Gasteiger partial charge on any atom is 0.337 e. The summed E-state index contributed by atoms with van der Waals surface area (Å²) in [6, 6.07) is 14.2. The molecule has 0 aromatic heterocycles. The third-order valence-electron chi connectivity index (χ3n) is 2.08. The number of rotatable bonds is 1. The normalized spacial score (nSPS) is 10.1. The van der Waals surface area contributed by atoms with Crippen LogP contribution in [-0.2, 0) is 4.74 Å². The van der Waals surface area contributed by atoms with E-state index in [1.807, 2.05) is 24.3 Å². The molecule has 0 heterocycles. The van der Waals surface area contributed by atoms with Crippen molar-refractivity contribution in [1.29, 1.82) is 0 Å². The summed E-state index contributed by atoms with van der Waals surface area (Å²) in [7, 11) is 1.38. The molecule has 0 aliphatic rings. The fourth-order valence-corrected chi connectivity index (χ4v) is 1.37. The average molecular weight is 185 g/mol. The van der Waals surface area contributed by atoms with E-state index in [9.17, 15) is 4.79 Å². The first kappa shape index (κ1) is 8.75. The Balaban J connectivity index is 2.56. The van der Waals surface area contributed by atoms with E-state index in [0.717, 1.165) is 10.8 Å². The quantitative estimate of drug-likeness (QED) is 0.638. The van der Waals surface area contributed by atoms with Crippen molar-refractivity contribution >= 4 is 16.7 Å². The molecule has 0 N–H and O–H groups in total. The Kier molecular flexibility index (Phi) is 2.19. The largest absolute Gasteiger partial charge is 0.465 e. The fraction of sp³-hybridized carbons (Fsp3) is 0.0833. The summed E-state index contributed by atoms with van der Waals surface area (Å²) >= 11 is 0. The predicted molar refractivity (Wildman–Crippen MR) is 54.1 cm³/mol. The number of carbonyl (C=O) groups is 1. The zero-order valence-corrected chi connectivity index (χ0v) is 7.78. The number of esters is 1. The van der Waals surface area contributed by atoms with Crippen LogP contribution in [0.15, 0.2) is 36.4 Å². The van der Waals surface area contributed by atoms with Crippen molar-refractivity contribution in [1.82, 2.24) is 0 Å². The van der Waals surface area contributed by atoms with Gasteiger partial charge in [0, 0.05) is 0 Å². The predicted octanol–water partition coefficient (Wildman–Crippen LogP) is 2.43. The van der Waals surface area contributed by atoms with Crippen LogP contribution in [-0.4, -0.2) is 13.1 Å². The Morgan fingerprint density at radius 3 is 3.00 bits per heavy atom.